The molecule has 60 heavy (non-hydrogen) atoms. The highest BCUT2D eigenvalue weighted by molar-refractivity contribution is 5.99. The number of rotatable bonds is 11. The number of nitrogens with zero attached hydrogens (tertiary/aromatic N) is 1. The molecule has 1 aromatic carbocycles. The smallest absolute Gasteiger partial charge is 0.306 e. The average molecular weight is 838 g/mol. The quantitative estimate of drug-likeness (QED) is 0.213. The highest BCUT2D eigenvalue weighted by Crippen LogP contribution is 2.58. The molecular weight excluding hydrogens is 767 g/mol. The number of methoxy groups -OCH3 is 4. The summed E-state index contributed by atoms with van der Waals surface area (Å²) < 4.78 is 56.0. The van der Waals surface area contributed by atoms with Gasteiger partial charge in [-0.2, -0.15) is 0 Å². The van der Waals surface area contributed by atoms with Gasteiger partial charge in [-0.05, 0) is 132 Å². The van der Waals surface area contributed by atoms with Gasteiger partial charge in [0.25, 0.3) is 0 Å². The van der Waals surface area contributed by atoms with Crippen molar-refractivity contribution in [1.82, 2.24) is 4.90 Å². The van der Waals surface area contributed by atoms with Crippen LogP contribution in [-0.4, -0.2) is 127 Å². The zero-order chi connectivity index (χ0) is 42.8. The lowest BCUT2D eigenvalue weighted by Gasteiger charge is -2.44. The third-order valence-corrected chi connectivity index (χ3v) is 14.8. The standard InChI is InChI=1S/C48H71NO11/c1-11-30-13-12-14-41(60-43-20-19-40(49(5)6)27(3)56-43)26(2)44(51)39-24-37-35-22-32(59-48-47(55-10)46(54-9)45(53-8)28(4)57-48)21-34(35)33(29-15-17-31(52-7)18-16-29)23-36(37)38(39)25-42(50)58-30/h15-18,23-24,26-28,30,32,34-38,40-41,43,45-48H,11-14,19-22,25H2,1-10H3/t26-,27?,28?,30+,32-,34?,35-,36?,37+,38+,40+,41+,43+,45+,46?,47+,48+/m1/s1. The Morgan fingerprint density at radius 1 is 0.750 bits per heavy atom. The van der Waals surface area contributed by atoms with E-state index in [4.69, 9.17) is 42.6 Å². The first-order valence-corrected chi connectivity index (χ1v) is 22.6. The first kappa shape index (κ1) is 45.3. The van der Waals surface area contributed by atoms with Gasteiger partial charge in [0.1, 0.15) is 30.2 Å². The maximum absolute atomic E-state index is 15.1. The average Bonchev–Trinajstić information content (AvgIpc) is 3.82. The summed E-state index contributed by atoms with van der Waals surface area (Å²) in [6, 6.07) is 8.55. The molecular formula is C48H71NO11. The van der Waals surface area contributed by atoms with Crippen LogP contribution in [0.25, 0.3) is 5.57 Å². The topological polar surface area (TPSA) is 120 Å². The van der Waals surface area contributed by atoms with E-state index < -0.39 is 18.3 Å². The van der Waals surface area contributed by atoms with Gasteiger partial charge < -0.3 is 47.5 Å². The van der Waals surface area contributed by atoms with Crippen LogP contribution in [0.2, 0.25) is 0 Å². The van der Waals surface area contributed by atoms with Crippen molar-refractivity contribution < 1.29 is 52.2 Å². The molecule has 17 atom stereocenters. The molecule has 1 aromatic rings. The van der Waals surface area contributed by atoms with Crippen molar-refractivity contribution in [1.29, 1.82) is 0 Å². The van der Waals surface area contributed by atoms with E-state index in [0.29, 0.717) is 12.5 Å². The third-order valence-electron chi connectivity index (χ3n) is 14.8. The Hall–Kier alpha value is -2.68. The molecule has 4 fully saturated rings. The molecule has 12 nitrogen and oxygen atoms in total. The molecule has 0 amide bonds. The summed E-state index contributed by atoms with van der Waals surface area (Å²) in [5.74, 6) is 0.110. The Morgan fingerprint density at radius 2 is 1.47 bits per heavy atom. The summed E-state index contributed by atoms with van der Waals surface area (Å²) in [7, 11) is 10.8. The maximum atomic E-state index is 15.1. The number of likely N-dealkylation sites (N-methyl/N-ethyl adjacent to an activating group) is 1. The fourth-order valence-electron chi connectivity index (χ4n) is 11.6. The van der Waals surface area contributed by atoms with Crippen LogP contribution < -0.4 is 4.74 Å². The summed E-state index contributed by atoms with van der Waals surface area (Å²) in [6.45, 7) is 8.17. The van der Waals surface area contributed by atoms with Crippen LogP contribution in [-0.2, 0) is 47.5 Å². The van der Waals surface area contributed by atoms with Crippen LogP contribution in [0.1, 0.15) is 91.0 Å². The number of esters is 1. The molecule has 3 heterocycles. The zero-order valence-electron chi connectivity index (χ0n) is 37.6. The van der Waals surface area contributed by atoms with E-state index in [2.05, 4.69) is 57.1 Å². The Bertz CT molecular complexity index is 1680. The molecule has 6 aliphatic rings. The van der Waals surface area contributed by atoms with Crippen molar-refractivity contribution >= 4 is 17.3 Å². The molecule has 5 unspecified atom stereocenters. The minimum atomic E-state index is -0.654. The second kappa shape index (κ2) is 19.8. The number of hydrogen-bond acceptors (Lipinski definition) is 12. The van der Waals surface area contributed by atoms with E-state index in [-0.39, 0.29) is 96.8 Å². The minimum absolute atomic E-state index is 0.0147. The van der Waals surface area contributed by atoms with E-state index in [9.17, 15) is 4.79 Å². The second-order valence-electron chi connectivity index (χ2n) is 18.4. The summed E-state index contributed by atoms with van der Waals surface area (Å²) in [5.41, 5.74) is 3.05. The van der Waals surface area contributed by atoms with Crippen molar-refractivity contribution in [2.45, 2.75) is 153 Å². The van der Waals surface area contributed by atoms with Gasteiger partial charge >= 0.3 is 5.97 Å². The number of Topliss-reactive ketones (excluding diaryl/α,β-unsaturated/α-hetero) is 1. The van der Waals surface area contributed by atoms with Crippen LogP contribution >= 0.6 is 0 Å². The second-order valence-corrected chi connectivity index (χ2v) is 18.4. The van der Waals surface area contributed by atoms with E-state index in [1.165, 1.54) is 5.57 Å². The van der Waals surface area contributed by atoms with Crippen LogP contribution in [0.4, 0.5) is 0 Å². The molecule has 0 radical (unpaired) electrons. The van der Waals surface area contributed by atoms with Crippen LogP contribution in [0.5, 0.6) is 5.75 Å². The molecule has 0 aromatic heterocycles. The van der Waals surface area contributed by atoms with Gasteiger partial charge in [0.2, 0.25) is 0 Å². The molecule has 1 saturated carbocycles. The Labute approximate surface area is 357 Å². The highest BCUT2D eigenvalue weighted by Gasteiger charge is 2.54. The number of fused-ring (bicyclic) bond motifs is 5. The fraction of sp³-hybridized carbons (Fsp3) is 0.750. The number of allylic oxidation sites excluding steroid dienone is 4. The van der Waals surface area contributed by atoms with Crippen LogP contribution in [0.15, 0.2) is 42.0 Å². The first-order valence-electron chi connectivity index (χ1n) is 22.6. The molecule has 12 heteroatoms. The number of ether oxygens (including phenoxy) is 9. The molecule has 3 saturated heterocycles. The third kappa shape index (κ3) is 9.32. The number of ketones is 1. The van der Waals surface area contributed by atoms with E-state index in [1.807, 2.05) is 26.0 Å². The van der Waals surface area contributed by atoms with Crippen molar-refractivity contribution in [3.05, 3.63) is 47.6 Å². The van der Waals surface area contributed by atoms with Crippen molar-refractivity contribution in [3.63, 3.8) is 0 Å². The van der Waals surface area contributed by atoms with E-state index in [1.54, 1.807) is 28.4 Å². The summed E-state index contributed by atoms with van der Waals surface area (Å²) in [5, 5.41) is 0. The van der Waals surface area contributed by atoms with E-state index >= 15 is 4.79 Å². The molecule has 3 aliphatic heterocycles. The van der Waals surface area contributed by atoms with E-state index in [0.717, 1.165) is 61.8 Å². The maximum Gasteiger partial charge on any atom is 0.306 e. The molecule has 7 rings (SSSR count). The van der Waals surface area contributed by atoms with Gasteiger partial charge in [0.05, 0.1) is 37.9 Å². The number of carbonyl (C=O) groups excluding carboxylic acids is 2. The lowest BCUT2D eigenvalue weighted by atomic mass is 9.66. The van der Waals surface area contributed by atoms with Crippen molar-refractivity contribution in [2.75, 3.05) is 42.5 Å². The van der Waals surface area contributed by atoms with Gasteiger partial charge in [-0.15, -0.1) is 0 Å². The number of benzene rings is 1. The summed E-state index contributed by atoms with van der Waals surface area (Å²) >= 11 is 0. The Kier molecular flexibility index (Phi) is 15.0. The van der Waals surface area contributed by atoms with Gasteiger partial charge in [-0.3, -0.25) is 9.59 Å². The van der Waals surface area contributed by atoms with Crippen molar-refractivity contribution in [3.8, 4) is 5.75 Å². The molecule has 0 spiro atoms. The highest BCUT2D eigenvalue weighted by atomic mass is 16.7. The number of hydrogen-bond donors (Lipinski definition) is 0. The predicted octanol–water partition coefficient (Wildman–Crippen LogP) is 7.02. The van der Waals surface area contributed by atoms with Crippen LogP contribution in [0.3, 0.4) is 0 Å². The summed E-state index contributed by atoms with van der Waals surface area (Å²) in [6.07, 6.45) is 7.82. The predicted molar refractivity (Wildman–Crippen MR) is 226 cm³/mol. The van der Waals surface area contributed by atoms with Gasteiger partial charge in [0, 0.05) is 39.2 Å². The zero-order valence-corrected chi connectivity index (χ0v) is 37.6. The molecule has 0 bridgehead atoms. The first-order chi connectivity index (χ1) is 28.9. The molecule has 0 N–H and O–H groups in total. The number of carbonyl (C=O) groups is 2. The normalized spacial score (nSPS) is 41.3. The minimum Gasteiger partial charge on any atom is -0.497 e. The molecule has 3 aliphatic carbocycles. The lowest BCUT2D eigenvalue weighted by Crippen LogP contribution is -2.59. The number of cyclic esters (lactones) is 1. The summed E-state index contributed by atoms with van der Waals surface area (Å²) in [4.78, 5) is 31.2. The Balaban J connectivity index is 1.21. The fourth-order valence-corrected chi connectivity index (χ4v) is 11.6. The van der Waals surface area contributed by atoms with Gasteiger partial charge in [-0.25, -0.2) is 0 Å². The lowest BCUT2D eigenvalue weighted by molar-refractivity contribution is -0.314. The van der Waals surface area contributed by atoms with Gasteiger partial charge in [-0.1, -0.05) is 38.1 Å². The van der Waals surface area contributed by atoms with Gasteiger partial charge in [0.15, 0.2) is 18.4 Å². The largest absolute Gasteiger partial charge is 0.497 e. The van der Waals surface area contributed by atoms with Crippen LogP contribution in [0, 0.1) is 35.5 Å². The molecule has 334 valence electrons. The SMILES string of the molecule is CC[C@H]1CCC[C@H](O[C@H]2CC[C@H](N(C)C)C(C)O2)[C@@H](C)C(=O)C2=C[C@@H]3C(C=C(c4ccc(OC)cc4)C4C[C@@H](O[C@@H]5OC(C)[C@H](OC)C(OC)[C@@H]5OC)C[C@H]43)[C@@H]2CC(=O)O1. The monoisotopic (exact) mass is 838 g/mol. The Morgan fingerprint density at radius 3 is 2.12 bits per heavy atom. The van der Waals surface area contributed by atoms with Crippen molar-refractivity contribution in [2.24, 2.45) is 35.5 Å².